The lowest BCUT2D eigenvalue weighted by molar-refractivity contribution is 0.0620. The number of aromatic nitrogens is 1. The first-order chi connectivity index (χ1) is 12.2. The first kappa shape index (κ1) is 16.6. The molecule has 1 unspecified atom stereocenters. The van der Waals surface area contributed by atoms with E-state index in [-0.39, 0.29) is 5.91 Å². The van der Waals surface area contributed by atoms with E-state index in [1.165, 1.54) is 25.9 Å². The quantitative estimate of drug-likeness (QED) is 0.915. The highest BCUT2D eigenvalue weighted by Crippen LogP contribution is 2.28. The molecule has 2 bridgehead atoms. The van der Waals surface area contributed by atoms with Crippen molar-refractivity contribution < 1.29 is 4.79 Å². The molecule has 3 fully saturated rings. The van der Waals surface area contributed by atoms with Gasteiger partial charge in [-0.25, -0.2) is 4.98 Å². The number of hydrogen-bond donors (Lipinski definition) is 1. The van der Waals surface area contributed by atoms with Crippen LogP contribution in [0.2, 0.25) is 0 Å². The minimum absolute atomic E-state index is 0.0454. The van der Waals surface area contributed by atoms with Crippen LogP contribution in [-0.2, 0) is 0 Å². The number of piperidine rings is 3. The molecule has 1 aromatic carbocycles. The average molecular weight is 353 g/mol. The van der Waals surface area contributed by atoms with E-state index < -0.39 is 0 Å². The molecular formula is C20H23N3OS. The van der Waals surface area contributed by atoms with E-state index in [1.54, 1.807) is 11.8 Å². The zero-order valence-electron chi connectivity index (χ0n) is 14.4. The molecule has 25 heavy (non-hydrogen) atoms. The lowest BCUT2D eigenvalue weighted by atomic mass is 9.84. The highest BCUT2D eigenvalue weighted by molar-refractivity contribution is 7.99. The number of carbonyl (C=O) groups is 1. The number of hydrogen-bond acceptors (Lipinski definition) is 4. The van der Waals surface area contributed by atoms with Crippen LogP contribution in [0, 0.1) is 12.8 Å². The van der Waals surface area contributed by atoms with Crippen LogP contribution in [0.5, 0.6) is 0 Å². The molecule has 0 radical (unpaired) electrons. The van der Waals surface area contributed by atoms with Crippen molar-refractivity contribution in [3.05, 3.63) is 53.7 Å². The summed E-state index contributed by atoms with van der Waals surface area (Å²) in [7, 11) is 0. The van der Waals surface area contributed by atoms with Gasteiger partial charge in [0.05, 0.1) is 0 Å². The van der Waals surface area contributed by atoms with Crippen LogP contribution in [0.4, 0.5) is 0 Å². The number of aryl methyl sites for hydroxylation is 1. The minimum Gasteiger partial charge on any atom is -0.348 e. The van der Waals surface area contributed by atoms with Crippen molar-refractivity contribution in [2.24, 2.45) is 5.92 Å². The van der Waals surface area contributed by atoms with Crippen molar-refractivity contribution in [3.8, 4) is 0 Å². The van der Waals surface area contributed by atoms with Crippen molar-refractivity contribution in [1.29, 1.82) is 0 Å². The number of benzene rings is 1. The van der Waals surface area contributed by atoms with Crippen molar-refractivity contribution in [2.75, 3.05) is 19.6 Å². The fourth-order valence-electron chi connectivity index (χ4n) is 3.75. The van der Waals surface area contributed by atoms with Gasteiger partial charge in [0.2, 0.25) is 0 Å². The molecule has 0 saturated carbocycles. The van der Waals surface area contributed by atoms with Gasteiger partial charge in [0, 0.05) is 28.7 Å². The number of amides is 1. The summed E-state index contributed by atoms with van der Waals surface area (Å²) in [6.07, 6.45) is 2.42. The van der Waals surface area contributed by atoms with E-state index >= 15 is 0 Å². The van der Waals surface area contributed by atoms with Gasteiger partial charge in [0.1, 0.15) is 5.03 Å². The summed E-state index contributed by atoms with van der Waals surface area (Å²) >= 11 is 1.62. The SMILES string of the molecule is Cc1cccc(Sc2ccc(C(=O)NC3CN4CCC3CC4)cc2)n1. The molecule has 3 aliphatic heterocycles. The summed E-state index contributed by atoms with van der Waals surface area (Å²) in [4.78, 5) is 20.6. The summed E-state index contributed by atoms with van der Waals surface area (Å²) in [5.41, 5.74) is 1.75. The first-order valence-electron chi connectivity index (χ1n) is 8.92. The Morgan fingerprint density at radius 1 is 1.16 bits per heavy atom. The molecule has 5 rings (SSSR count). The van der Waals surface area contributed by atoms with E-state index in [9.17, 15) is 4.79 Å². The van der Waals surface area contributed by atoms with E-state index in [0.29, 0.717) is 12.0 Å². The smallest absolute Gasteiger partial charge is 0.251 e. The summed E-state index contributed by atoms with van der Waals surface area (Å²) < 4.78 is 0. The predicted molar refractivity (Wildman–Crippen MR) is 100.0 cm³/mol. The second-order valence-electron chi connectivity index (χ2n) is 6.96. The van der Waals surface area contributed by atoms with E-state index in [4.69, 9.17) is 0 Å². The fourth-order valence-corrected chi connectivity index (χ4v) is 4.60. The number of pyridine rings is 1. The molecule has 0 aliphatic carbocycles. The number of nitrogens with one attached hydrogen (secondary N) is 1. The molecule has 3 saturated heterocycles. The van der Waals surface area contributed by atoms with Crippen molar-refractivity contribution in [1.82, 2.24) is 15.2 Å². The Labute approximate surface area is 153 Å². The van der Waals surface area contributed by atoms with Crippen molar-refractivity contribution in [3.63, 3.8) is 0 Å². The van der Waals surface area contributed by atoms with Crippen LogP contribution in [0.1, 0.15) is 28.9 Å². The van der Waals surface area contributed by atoms with Gasteiger partial charge in [-0.2, -0.15) is 0 Å². The summed E-state index contributed by atoms with van der Waals surface area (Å²) in [6, 6.07) is 14.1. The molecule has 0 spiro atoms. The highest BCUT2D eigenvalue weighted by atomic mass is 32.2. The molecule has 1 amide bonds. The maximum Gasteiger partial charge on any atom is 0.251 e. The Bertz CT molecular complexity index is 754. The molecule has 3 aliphatic rings. The van der Waals surface area contributed by atoms with E-state index in [2.05, 4.69) is 15.2 Å². The van der Waals surface area contributed by atoms with Gasteiger partial charge in [0.15, 0.2) is 0 Å². The Balaban J connectivity index is 1.39. The summed E-state index contributed by atoms with van der Waals surface area (Å²) in [6.45, 7) is 5.38. The zero-order valence-corrected chi connectivity index (χ0v) is 15.3. The fraction of sp³-hybridized carbons (Fsp3) is 0.400. The van der Waals surface area contributed by atoms with Crippen molar-refractivity contribution >= 4 is 17.7 Å². The van der Waals surface area contributed by atoms with Gasteiger partial charge in [0.25, 0.3) is 5.91 Å². The third-order valence-corrected chi connectivity index (χ3v) is 6.12. The van der Waals surface area contributed by atoms with Crippen LogP contribution in [0.15, 0.2) is 52.4 Å². The first-order valence-corrected chi connectivity index (χ1v) is 9.74. The molecule has 1 atom stereocenters. The van der Waals surface area contributed by atoms with E-state index in [1.807, 2.05) is 49.4 Å². The third kappa shape index (κ3) is 3.88. The van der Waals surface area contributed by atoms with Crippen LogP contribution >= 0.6 is 11.8 Å². The van der Waals surface area contributed by atoms with Crippen LogP contribution in [-0.4, -0.2) is 41.5 Å². The van der Waals surface area contributed by atoms with Gasteiger partial charge in [-0.05, 0) is 75.2 Å². The Hall–Kier alpha value is -1.85. The average Bonchev–Trinajstić information content (AvgIpc) is 2.63. The predicted octanol–water partition coefficient (Wildman–Crippen LogP) is 3.37. The Kier molecular flexibility index (Phi) is 4.77. The van der Waals surface area contributed by atoms with Gasteiger partial charge in [-0.15, -0.1) is 0 Å². The molecule has 1 N–H and O–H groups in total. The molecule has 2 aromatic rings. The maximum absolute atomic E-state index is 12.6. The zero-order chi connectivity index (χ0) is 17.2. The lowest BCUT2D eigenvalue weighted by Gasteiger charge is -2.44. The standard InChI is InChI=1S/C20H23N3OS/c1-14-3-2-4-19(21-14)25-17-7-5-16(6-8-17)20(24)22-18-13-23-11-9-15(18)10-12-23/h2-8,15,18H,9-13H2,1H3,(H,22,24). The minimum atomic E-state index is 0.0454. The second kappa shape index (κ2) is 7.18. The Morgan fingerprint density at radius 3 is 2.56 bits per heavy atom. The molecule has 1 aromatic heterocycles. The van der Waals surface area contributed by atoms with Gasteiger partial charge >= 0.3 is 0 Å². The topological polar surface area (TPSA) is 45.2 Å². The maximum atomic E-state index is 12.6. The van der Waals surface area contributed by atoms with Crippen LogP contribution < -0.4 is 5.32 Å². The second-order valence-corrected chi connectivity index (χ2v) is 8.06. The number of rotatable bonds is 4. The molecule has 130 valence electrons. The number of carbonyl (C=O) groups excluding carboxylic acids is 1. The van der Waals surface area contributed by atoms with Gasteiger partial charge < -0.3 is 10.2 Å². The molecule has 4 nitrogen and oxygen atoms in total. The number of nitrogens with zero attached hydrogens (tertiary/aromatic N) is 2. The largest absolute Gasteiger partial charge is 0.348 e. The monoisotopic (exact) mass is 353 g/mol. The molecule has 4 heterocycles. The molecule has 5 heteroatoms. The summed E-state index contributed by atoms with van der Waals surface area (Å²) in [5.74, 6) is 0.695. The highest BCUT2D eigenvalue weighted by Gasteiger charge is 2.34. The normalized spacial score (nSPS) is 24.9. The van der Waals surface area contributed by atoms with Crippen LogP contribution in [0.3, 0.4) is 0 Å². The number of fused-ring (bicyclic) bond motifs is 3. The van der Waals surface area contributed by atoms with Crippen molar-refractivity contribution in [2.45, 2.75) is 35.7 Å². The van der Waals surface area contributed by atoms with Gasteiger partial charge in [-0.1, -0.05) is 17.8 Å². The Morgan fingerprint density at radius 2 is 1.92 bits per heavy atom. The van der Waals surface area contributed by atoms with Crippen LogP contribution in [0.25, 0.3) is 0 Å². The third-order valence-electron chi connectivity index (χ3n) is 5.17. The van der Waals surface area contributed by atoms with Gasteiger partial charge in [-0.3, -0.25) is 4.79 Å². The lowest BCUT2D eigenvalue weighted by Crippen LogP contribution is -2.57. The summed E-state index contributed by atoms with van der Waals surface area (Å²) in [5, 5.41) is 4.22. The molecular weight excluding hydrogens is 330 g/mol. The van der Waals surface area contributed by atoms with E-state index in [0.717, 1.165) is 27.7 Å².